The third-order valence-corrected chi connectivity index (χ3v) is 2.96. The van der Waals surface area contributed by atoms with Gasteiger partial charge >= 0.3 is 0 Å². The van der Waals surface area contributed by atoms with Gasteiger partial charge in [-0.3, -0.25) is 0 Å². The summed E-state index contributed by atoms with van der Waals surface area (Å²) in [6.07, 6.45) is 7.44. The standard InChI is InChI=1S/C12H16N4/c13-9-5-3-4-8(11(9)15)12(16)7-2-1-6-10(12)14/h1-7,10H,13-16H2. The van der Waals surface area contributed by atoms with Crippen LogP contribution in [0.4, 0.5) is 11.4 Å². The van der Waals surface area contributed by atoms with Crippen molar-refractivity contribution in [2.45, 2.75) is 11.6 Å². The third-order valence-electron chi connectivity index (χ3n) is 2.96. The molecule has 2 atom stereocenters. The lowest BCUT2D eigenvalue weighted by atomic mass is 9.80. The second kappa shape index (κ2) is 3.66. The lowest BCUT2D eigenvalue weighted by Gasteiger charge is -2.34. The Balaban J connectivity index is 2.55. The number of hydrogen-bond donors (Lipinski definition) is 4. The van der Waals surface area contributed by atoms with Crippen molar-refractivity contribution in [2.24, 2.45) is 11.5 Å². The lowest BCUT2D eigenvalue weighted by Crippen LogP contribution is -2.51. The highest BCUT2D eigenvalue weighted by molar-refractivity contribution is 5.70. The summed E-state index contributed by atoms with van der Waals surface area (Å²) in [5.74, 6) is 0. The van der Waals surface area contributed by atoms with Crippen molar-refractivity contribution >= 4 is 11.4 Å². The van der Waals surface area contributed by atoms with Gasteiger partial charge < -0.3 is 22.9 Å². The first kappa shape index (κ1) is 10.7. The average Bonchev–Trinajstić information content (AvgIpc) is 2.26. The van der Waals surface area contributed by atoms with Gasteiger partial charge in [-0.1, -0.05) is 36.4 Å². The van der Waals surface area contributed by atoms with Gasteiger partial charge in [0.2, 0.25) is 0 Å². The van der Waals surface area contributed by atoms with E-state index in [-0.39, 0.29) is 6.04 Å². The fraction of sp³-hybridized carbons (Fsp3) is 0.167. The van der Waals surface area contributed by atoms with E-state index >= 15 is 0 Å². The number of rotatable bonds is 1. The SMILES string of the molecule is Nc1cccc(C2(N)C=CC=CC2N)c1N. The van der Waals surface area contributed by atoms with Crippen LogP contribution in [0, 0.1) is 0 Å². The summed E-state index contributed by atoms with van der Waals surface area (Å²) in [5.41, 5.74) is 25.0. The maximum Gasteiger partial charge on any atom is 0.0809 e. The molecule has 0 fully saturated rings. The maximum atomic E-state index is 6.30. The highest BCUT2D eigenvalue weighted by Gasteiger charge is 2.33. The van der Waals surface area contributed by atoms with Crippen LogP contribution in [0.15, 0.2) is 42.5 Å². The highest BCUT2D eigenvalue weighted by Crippen LogP contribution is 2.33. The minimum atomic E-state index is -0.784. The van der Waals surface area contributed by atoms with E-state index in [1.54, 1.807) is 6.07 Å². The molecule has 2 rings (SSSR count). The van der Waals surface area contributed by atoms with Crippen LogP contribution < -0.4 is 22.9 Å². The monoisotopic (exact) mass is 216 g/mol. The molecule has 84 valence electrons. The molecule has 0 radical (unpaired) electrons. The Morgan fingerprint density at radius 1 is 1.12 bits per heavy atom. The number of allylic oxidation sites excluding steroid dienone is 2. The Hall–Kier alpha value is -1.78. The summed E-state index contributed by atoms with van der Waals surface area (Å²) in [4.78, 5) is 0. The largest absolute Gasteiger partial charge is 0.397 e. The first-order valence-corrected chi connectivity index (χ1v) is 5.10. The molecule has 1 aromatic rings. The van der Waals surface area contributed by atoms with E-state index in [9.17, 15) is 0 Å². The molecule has 2 unspecified atom stereocenters. The van der Waals surface area contributed by atoms with Crippen molar-refractivity contribution in [3.63, 3.8) is 0 Å². The number of anilines is 2. The maximum absolute atomic E-state index is 6.30. The van der Waals surface area contributed by atoms with Gasteiger partial charge in [-0.05, 0) is 6.07 Å². The topological polar surface area (TPSA) is 104 Å². The van der Waals surface area contributed by atoms with Crippen LogP contribution in [-0.4, -0.2) is 6.04 Å². The fourth-order valence-corrected chi connectivity index (χ4v) is 1.90. The molecular formula is C12H16N4. The second-order valence-electron chi connectivity index (χ2n) is 4.01. The van der Waals surface area contributed by atoms with Gasteiger partial charge in [0.15, 0.2) is 0 Å². The normalized spacial score (nSPS) is 28.2. The Morgan fingerprint density at radius 2 is 1.88 bits per heavy atom. The Labute approximate surface area is 94.6 Å². The van der Waals surface area contributed by atoms with E-state index in [1.165, 1.54) is 0 Å². The molecule has 1 aromatic carbocycles. The molecule has 0 amide bonds. The molecule has 4 heteroatoms. The van der Waals surface area contributed by atoms with Crippen LogP contribution in [-0.2, 0) is 5.54 Å². The molecular weight excluding hydrogens is 200 g/mol. The highest BCUT2D eigenvalue weighted by atomic mass is 14.9. The van der Waals surface area contributed by atoms with Crippen molar-refractivity contribution in [1.29, 1.82) is 0 Å². The molecule has 0 aromatic heterocycles. The first-order valence-electron chi connectivity index (χ1n) is 5.10. The zero-order valence-corrected chi connectivity index (χ0v) is 8.93. The molecule has 0 saturated heterocycles. The summed E-state index contributed by atoms with van der Waals surface area (Å²) in [5, 5.41) is 0. The molecule has 8 N–H and O–H groups in total. The van der Waals surface area contributed by atoms with Gasteiger partial charge in [0, 0.05) is 11.6 Å². The van der Waals surface area contributed by atoms with Gasteiger partial charge in [0.05, 0.1) is 16.9 Å². The smallest absolute Gasteiger partial charge is 0.0809 e. The summed E-state index contributed by atoms with van der Waals surface area (Å²) in [6, 6.07) is 5.13. The molecule has 0 spiro atoms. The zero-order valence-electron chi connectivity index (χ0n) is 8.93. The quantitative estimate of drug-likeness (QED) is 0.512. The summed E-state index contributed by atoms with van der Waals surface area (Å²) in [7, 11) is 0. The van der Waals surface area contributed by atoms with E-state index in [1.807, 2.05) is 36.4 Å². The van der Waals surface area contributed by atoms with Crippen LogP contribution in [0.1, 0.15) is 5.56 Å². The van der Waals surface area contributed by atoms with E-state index in [0.29, 0.717) is 11.4 Å². The molecule has 0 bridgehead atoms. The predicted molar refractivity (Wildman–Crippen MR) is 67.4 cm³/mol. The summed E-state index contributed by atoms with van der Waals surface area (Å²) < 4.78 is 0. The van der Waals surface area contributed by atoms with Crippen LogP contribution in [0.2, 0.25) is 0 Å². The molecule has 1 aliphatic rings. The van der Waals surface area contributed by atoms with Gasteiger partial charge in [-0.25, -0.2) is 0 Å². The van der Waals surface area contributed by atoms with E-state index < -0.39 is 5.54 Å². The van der Waals surface area contributed by atoms with Gasteiger partial charge in [0.25, 0.3) is 0 Å². The van der Waals surface area contributed by atoms with Crippen LogP contribution in [0.3, 0.4) is 0 Å². The molecule has 1 aliphatic carbocycles. The Bertz CT molecular complexity index is 464. The number of nitrogens with two attached hydrogens (primary N) is 4. The number of benzene rings is 1. The molecule has 4 nitrogen and oxygen atoms in total. The zero-order chi connectivity index (χ0) is 11.8. The number of para-hydroxylation sites is 1. The molecule has 16 heavy (non-hydrogen) atoms. The summed E-state index contributed by atoms with van der Waals surface area (Å²) in [6.45, 7) is 0. The second-order valence-corrected chi connectivity index (χ2v) is 4.01. The van der Waals surface area contributed by atoms with Gasteiger partial charge in [-0.2, -0.15) is 0 Å². The van der Waals surface area contributed by atoms with E-state index in [2.05, 4.69) is 0 Å². The fourth-order valence-electron chi connectivity index (χ4n) is 1.90. The van der Waals surface area contributed by atoms with Gasteiger partial charge in [0.1, 0.15) is 0 Å². The van der Waals surface area contributed by atoms with Crippen molar-refractivity contribution < 1.29 is 0 Å². The lowest BCUT2D eigenvalue weighted by molar-refractivity contribution is 0.494. The molecule has 0 aliphatic heterocycles. The third kappa shape index (κ3) is 1.48. The number of hydrogen-bond acceptors (Lipinski definition) is 4. The molecule has 0 saturated carbocycles. The minimum Gasteiger partial charge on any atom is -0.397 e. The van der Waals surface area contributed by atoms with Crippen LogP contribution >= 0.6 is 0 Å². The Kier molecular flexibility index (Phi) is 2.46. The average molecular weight is 216 g/mol. The van der Waals surface area contributed by atoms with Crippen molar-refractivity contribution in [2.75, 3.05) is 11.5 Å². The molecule has 0 heterocycles. The van der Waals surface area contributed by atoms with E-state index in [0.717, 1.165) is 5.56 Å². The predicted octanol–water partition coefficient (Wildman–Crippen LogP) is 0.458. The first-order chi connectivity index (χ1) is 7.55. The Morgan fingerprint density at radius 3 is 2.56 bits per heavy atom. The summed E-state index contributed by atoms with van der Waals surface area (Å²) >= 11 is 0. The van der Waals surface area contributed by atoms with Crippen molar-refractivity contribution in [3.8, 4) is 0 Å². The van der Waals surface area contributed by atoms with Gasteiger partial charge in [-0.15, -0.1) is 0 Å². The number of nitrogen functional groups attached to an aromatic ring is 2. The van der Waals surface area contributed by atoms with Crippen molar-refractivity contribution in [3.05, 3.63) is 48.1 Å². The van der Waals surface area contributed by atoms with E-state index in [4.69, 9.17) is 22.9 Å². The minimum absolute atomic E-state index is 0.304. The van der Waals surface area contributed by atoms with Crippen LogP contribution in [0.5, 0.6) is 0 Å². The van der Waals surface area contributed by atoms with Crippen molar-refractivity contribution in [1.82, 2.24) is 0 Å². The van der Waals surface area contributed by atoms with Crippen LogP contribution in [0.25, 0.3) is 0 Å².